The van der Waals surface area contributed by atoms with E-state index in [9.17, 15) is 4.48 Å². The lowest BCUT2D eigenvalue weighted by Crippen LogP contribution is -2.53. The lowest BCUT2D eigenvalue weighted by Gasteiger charge is -2.41. The Kier molecular flexibility index (Phi) is 4.14. The van der Waals surface area contributed by atoms with Crippen LogP contribution in [0.4, 0.5) is 4.48 Å². The number of rotatable bonds is 1. The van der Waals surface area contributed by atoms with Crippen LogP contribution >= 0.6 is 0 Å². The molecule has 6 nitrogen and oxygen atoms in total. The summed E-state index contributed by atoms with van der Waals surface area (Å²) in [5.74, 6) is 0.688. The molecule has 0 spiro atoms. The minimum Gasteiger partial charge on any atom is -0.335 e. The maximum Gasteiger partial charge on any atom is 0.224 e. The largest absolute Gasteiger partial charge is 0.335 e. The number of hydrogen-bond donors (Lipinski definition) is 1. The monoisotopic (exact) mass is 268 g/mol. The lowest BCUT2D eigenvalue weighted by atomic mass is 9.98. The molecule has 2 aliphatic heterocycles. The molecule has 0 saturated carbocycles. The van der Waals surface area contributed by atoms with E-state index in [0.717, 1.165) is 25.7 Å². The number of guanidine groups is 1. The molecule has 0 aromatic heterocycles. The van der Waals surface area contributed by atoms with Gasteiger partial charge in [0, 0.05) is 31.9 Å². The molecule has 2 saturated heterocycles. The van der Waals surface area contributed by atoms with E-state index >= 15 is 0 Å². The molecule has 7 heteroatoms. The number of aliphatic imine (C=N–C) groups is 1. The van der Waals surface area contributed by atoms with Crippen LogP contribution in [0.15, 0.2) is 15.3 Å². The van der Waals surface area contributed by atoms with Crippen LogP contribution < -0.4 is 5.73 Å². The third kappa shape index (κ3) is 2.75. The van der Waals surface area contributed by atoms with Gasteiger partial charge in [0.1, 0.15) is 0 Å². The Hall–Kier alpha value is -1.50. The summed E-state index contributed by atoms with van der Waals surface area (Å²) in [4.78, 5) is 6.43. The van der Waals surface area contributed by atoms with Crippen molar-refractivity contribution in [3.05, 3.63) is 0 Å². The standard InChI is InChI=1S/C12H21FN6/c1-8(17-13)16-12(18(3)15-2)19-10-4-5-11(19)7-9(14)6-10/h9-11H,2,4-7,14H2,1,3H3/t9?,10-,11?/m0/s1. The van der Waals surface area contributed by atoms with E-state index < -0.39 is 0 Å². The molecular formula is C12H21FN6. The molecule has 19 heavy (non-hydrogen) atoms. The van der Waals surface area contributed by atoms with E-state index in [1.165, 1.54) is 6.92 Å². The van der Waals surface area contributed by atoms with Crippen LogP contribution in [0.2, 0.25) is 0 Å². The van der Waals surface area contributed by atoms with Crippen LogP contribution in [0.3, 0.4) is 0 Å². The molecule has 2 aliphatic rings. The maximum atomic E-state index is 12.3. The fourth-order valence-electron chi connectivity index (χ4n) is 3.07. The predicted molar refractivity (Wildman–Crippen MR) is 74.8 cm³/mol. The summed E-state index contributed by atoms with van der Waals surface area (Å²) in [6.45, 7) is 5.03. The maximum absolute atomic E-state index is 12.3. The summed E-state index contributed by atoms with van der Waals surface area (Å²) in [5, 5.41) is 8.05. The number of hydrazone groups is 1. The fourth-order valence-corrected chi connectivity index (χ4v) is 3.07. The minimum absolute atomic E-state index is 0.0831. The average Bonchev–Trinajstić information content (AvgIpc) is 2.66. The first-order valence-corrected chi connectivity index (χ1v) is 6.55. The molecule has 0 aromatic carbocycles. The fraction of sp³-hybridized carbons (Fsp3) is 0.750. The lowest BCUT2D eigenvalue weighted by molar-refractivity contribution is 0.194. The second kappa shape index (κ2) is 5.64. The Morgan fingerprint density at radius 2 is 1.95 bits per heavy atom. The molecule has 106 valence electrons. The van der Waals surface area contributed by atoms with Crippen molar-refractivity contribution >= 4 is 18.5 Å². The van der Waals surface area contributed by atoms with Gasteiger partial charge in [-0.2, -0.15) is 10.1 Å². The molecule has 0 amide bonds. The van der Waals surface area contributed by atoms with Crippen LogP contribution in [-0.4, -0.2) is 53.6 Å². The zero-order valence-electron chi connectivity index (χ0n) is 11.5. The second-order valence-corrected chi connectivity index (χ2v) is 5.23. The molecule has 0 aromatic rings. The van der Waals surface area contributed by atoms with Crippen molar-refractivity contribution in [1.29, 1.82) is 0 Å². The minimum atomic E-state index is 0.0831. The summed E-state index contributed by atoms with van der Waals surface area (Å²) in [7, 11) is 1.76. The Morgan fingerprint density at radius 3 is 2.42 bits per heavy atom. The summed E-state index contributed by atoms with van der Waals surface area (Å²) < 4.78 is 12.3. The molecule has 2 rings (SSSR count). The van der Waals surface area contributed by atoms with Crippen LogP contribution in [0, 0.1) is 0 Å². The summed E-state index contributed by atoms with van der Waals surface area (Å²) in [5.41, 5.74) is 6.05. The quantitative estimate of drug-likeness (QED) is 0.440. The van der Waals surface area contributed by atoms with Gasteiger partial charge in [-0.05, 0) is 32.6 Å². The normalized spacial score (nSPS) is 31.6. The van der Waals surface area contributed by atoms with Crippen molar-refractivity contribution in [2.45, 2.75) is 50.7 Å². The van der Waals surface area contributed by atoms with Gasteiger partial charge in [0.05, 0.1) is 0 Å². The number of piperidine rings is 1. The predicted octanol–water partition coefficient (Wildman–Crippen LogP) is 1.15. The Morgan fingerprint density at radius 1 is 1.37 bits per heavy atom. The number of nitrogens with two attached hydrogens (primary N) is 1. The molecule has 2 bridgehead atoms. The smallest absolute Gasteiger partial charge is 0.224 e. The van der Waals surface area contributed by atoms with E-state index in [1.54, 1.807) is 12.1 Å². The third-order valence-electron chi connectivity index (χ3n) is 3.89. The van der Waals surface area contributed by atoms with Gasteiger partial charge in [0.2, 0.25) is 5.96 Å². The highest BCUT2D eigenvalue weighted by molar-refractivity contribution is 5.94. The Labute approximate surface area is 112 Å². The van der Waals surface area contributed by atoms with Crippen LogP contribution in [-0.2, 0) is 0 Å². The molecule has 2 N–H and O–H groups in total. The molecule has 2 fully saturated rings. The first-order chi connectivity index (χ1) is 9.06. The number of fused-ring (bicyclic) bond motifs is 2. The van der Waals surface area contributed by atoms with Crippen molar-refractivity contribution in [2.24, 2.45) is 21.0 Å². The number of amidine groups is 1. The summed E-state index contributed by atoms with van der Waals surface area (Å²) in [6.07, 6.45) is 4.06. The first kappa shape index (κ1) is 13.9. The van der Waals surface area contributed by atoms with E-state index in [4.69, 9.17) is 5.73 Å². The average molecular weight is 268 g/mol. The highest BCUT2D eigenvalue weighted by Gasteiger charge is 2.42. The molecular weight excluding hydrogens is 247 g/mol. The van der Waals surface area contributed by atoms with Gasteiger partial charge in [0.15, 0.2) is 5.84 Å². The molecule has 0 aliphatic carbocycles. The first-order valence-electron chi connectivity index (χ1n) is 6.55. The van der Waals surface area contributed by atoms with Gasteiger partial charge in [0.25, 0.3) is 0 Å². The van der Waals surface area contributed by atoms with Gasteiger partial charge in [-0.25, -0.2) is 5.01 Å². The number of hydrogen-bond acceptors (Lipinski definition) is 3. The van der Waals surface area contributed by atoms with Crippen LogP contribution in [0.25, 0.3) is 0 Å². The molecule has 2 heterocycles. The zero-order chi connectivity index (χ0) is 14.0. The van der Waals surface area contributed by atoms with E-state index in [1.807, 2.05) is 0 Å². The number of halogens is 1. The summed E-state index contributed by atoms with van der Waals surface area (Å²) in [6, 6.07) is 0.946. The van der Waals surface area contributed by atoms with E-state index in [2.05, 4.69) is 26.9 Å². The van der Waals surface area contributed by atoms with Gasteiger partial charge in [-0.3, -0.25) is 0 Å². The Bertz CT molecular complexity index is 393. The van der Waals surface area contributed by atoms with Crippen molar-refractivity contribution in [3.8, 4) is 0 Å². The van der Waals surface area contributed by atoms with E-state index in [0.29, 0.717) is 18.0 Å². The highest BCUT2D eigenvalue weighted by atomic mass is 19.2. The molecule has 0 radical (unpaired) electrons. The van der Waals surface area contributed by atoms with Crippen LogP contribution in [0.1, 0.15) is 32.6 Å². The van der Waals surface area contributed by atoms with Crippen LogP contribution in [0.5, 0.6) is 0 Å². The van der Waals surface area contributed by atoms with Gasteiger partial charge in [-0.1, -0.05) is 9.70 Å². The van der Waals surface area contributed by atoms with Gasteiger partial charge >= 0.3 is 0 Å². The van der Waals surface area contributed by atoms with Gasteiger partial charge < -0.3 is 10.6 Å². The van der Waals surface area contributed by atoms with E-state index in [-0.39, 0.29) is 11.9 Å². The van der Waals surface area contributed by atoms with Crippen molar-refractivity contribution in [3.63, 3.8) is 0 Å². The topological polar surface area (TPSA) is 69.6 Å². The van der Waals surface area contributed by atoms with Crippen molar-refractivity contribution in [1.82, 2.24) is 9.91 Å². The second-order valence-electron chi connectivity index (χ2n) is 5.23. The zero-order valence-corrected chi connectivity index (χ0v) is 11.5. The van der Waals surface area contributed by atoms with Crippen molar-refractivity contribution < 1.29 is 4.48 Å². The van der Waals surface area contributed by atoms with Gasteiger partial charge in [-0.15, -0.1) is 0 Å². The summed E-state index contributed by atoms with van der Waals surface area (Å²) >= 11 is 0. The van der Waals surface area contributed by atoms with Crippen molar-refractivity contribution in [2.75, 3.05) is 7.05 Å². The Balaban J connectivity index is 2.29. The SMILES string of the molecule is C=NN(C)C(=NC(C)=NF)N1C2CC[C@H]1CC(N)C2. The molecule has 3 atom stereocenters. The molecule has 2 unspecified atom stereocenters. The number of nitrogens with zero attached hydrogens (tertiary/aromatic N) is 5. The third-order valence-corrected chi connectivity index (χ3v) is 3.89. The highest BCUT2D eigenvalue weighted by Crippen LogP contribution is 2.35.